The van der Waals surface area contributed by atoms with Crippen molar-refractivity contribution in [3.05, 3.63) is 30.0 Å². The monoisotopic (exact) mass is 259 g/mol. The SMILES string of the molecule is COc1ccc(CN2CCNCC2)c2ccn(C)c12. The van der Waals surface area contributed by atoms with Crippen LogP contribution in [-0.4, -0.2) is 42.8 Å². The maximum absolute atomic E-state index is 5.47. The molecular formula is C15H21N3O. The van der Waals surface area contributed by atoms with Gasteiger partial charge in [0.1, 0.15) is 5.75 Å². The third-order valence-corrected chi connectivity index (χ3v) is 3.91. The van der Waals surface area contributed by atoms with Crippen LogP contribution in [0.25, 0.3) is 10.9 Å². The van der Waals surface area contributed by atoms with Crippen molar-refractivity contribution in [2.45, 2.75) is 6.54 Å². The van der Waals surface area contributed by atoms with Gasteiger partial charge in [-0.1, -0.05) is 6.07 Å². The number of nitrogens with zero attached hydrogens (tertiary/aromatic N) is 2. The summed E-state index contributed by atoms with van der Waals surface area (Å²) in [5.41, 5.74) is 2.58. The molecule has 0 atom stereocenters. The van der Waals surface area contributed by atoms with Crippen molar-refractivity contribution in [1.29, 1.82) is 0 Å². The van der Waals surface area contributed by atoms with E-state index in [2.05, 4.69) is 46.2 Å². The molecule has 0 bridgehead atoms. The number of fused-ring (bicyclic) bond motifs is 1. The summed E-state index contributed by atoms with van der Waals surface area (Å²) in [6.07, 6.45) is 2.11. The number of aryl methyl sites for hydroxylation is 1. The average molecular weight is 259 g/mol. The van der Waals surface area contributed by atoms with Crippen LogP contribution in [0.3, 0.4) is 0 Å². The van der Waals surface area contributed by atoms with Gasteiger partial charge in [0.15, 0.2) is 0 Å². The van der Waals surface area contributed by atoms with Crippen LogP contribution in [0.15, 0.2) is 24.4 Å². The van der Waals surface area contributed by atoms with E-state index < -0.39 is 0 Å². The van der Waals surface area contributed by atoms with Crippen LogP contribution in [0, 0.1) is 0 Å². The second-order valence-electron chi connectivity index (χ2n) is 5.14. The van der Waals surface area contributed by atoms with Crippen LogP contribution >= 0.6 is 0 Å². The third kappa shape index (κ3) is 2.33. The summed E-state index contributed by atoms with van der Waals surface area (Å²) in [6, 6.07) is 6.47. The van der Waals surface area contributed by atoms with E-state index in [1.165, 1.54) is 16.5 Å². The van der Waals surface area contributed by atoms with Gasteiger partial charge in [-0.2, -0.15) is 0 Å². The highest BCUT2D eigenvalue weighted by Gasteiger charge is 2.14. The Bertz CT molecular complexity index is 570. The highest BCUT2D eigenvalue weighted by atomic mass is 16.5. The van der Waals surface area contributed by atoms with Gasteiger partial charge in [-0.15, -0.1) is 0 Å². The summed E-state index contributed by atoms with van der Waals surface area (Å²) in [4.78, 5) is 2.50. The second kappa shape index (κ2) is 5.23. The summed E-state index contributed by atoms with van der Waals surface area (Å²) in [5, 5.41) is 4.70. The van der Waals surface area contributed by atoms with E-state index in [9.17, 15) is 0 Å². The minimum atomic E-state index is 0.951. The molecule has 0 spiro atoms. The zero-order valence-electron chi connectivity index (χ0n) is 11.6. The average Bonchev–Trinajstić information content (AvgIpc) is 2.84. The molecule has 2 heterocycles. The Morgan fingerprint density at radius 2 is 2.00 bits per heavy atom. The summed E-state index contributed by atoms with van der Waals surface area (Å²) in [7, 11) is 3.80. The third-order valence-electron chi connectivity index (χ3n) is 3.91. The molecule has 19 heavy (non-hydrogen) atoms. The summed E-state index contributed by atoms with van der Waals surface area (Å²) >= 11 is 0. The number of methoxy groups -OCH3 is 1. The molecule has 0 unspecified atom stereocenters. The molecule has 4 nitrogen and oxygen atoms in total. The molecule has 1 aromatic carbocycles. The molecule has 3 rings (SSSR count). The molecule has 1 aliphatic heterocycles. The van der Waals surface area contributed by atoms with Gasteiger partial charge >= 0.3 is 0 Å². The van der Waals surface area contributed by atoms with E-state index in [0.717, 1.165) is 38.5 Å². The molecule has 1 fully saturated rings. The van der Waals surface area contributed by atoms with Gasteiger partial charge in [0.25, 0.3) is 0 Å². The van der Waals surface area contributed by atoms with Crippen LogP contribution in [0.4, 0.5) is 0 Å². The molecule has 2 aromatic rings. The Kier molecular flexibility index (Phi) is 3.44. The van der Waals surface area contributed by atoms with E-state index in [1.54, 1.807) is 7.11 Å². The van der Waals surface area contributed by atoms with Crippen LogP contribution in [0.2, 0.25) is 0 Å². The van der Waals surface area contributed by atoms with Crippen molar-refractivity contribution >= 4 is 10.9 Å². The quantitative estimate of drug-likeness (QED) is 0.908. The van der Waals surface area contributed by atoms with Crippen LogP contribution in [0.1, 0.15) is 5.56 Å². The molecule has 102 valence electrons. The molecule has 1 saturated heterocycles. The maximum Gasteiger partial charge on any atom is 0.143 e. The van der Waals surface area contributed by atoms with Gasteiger partial charge in [-0.25, -0.2) is 0 Å². The molecule has 1 aromatic heterocycles. The Morgan fingerprint density at radius 1 is 1.21 bits per heavy atom. The Morgan fingerprint density at radius 3 is 2.74 bits per heavy atom. The summed E-state index contributed by atoms with van der Waals surface area (Å²) < 4.78 is 7.60. The molecule has 0 saturated carbocycles. The van der Waals surface area contributed by atoms with Crippen LogP contribution < -0.4 is 10.1 Å². The van der Waals surface area contributed by atoms with E-state index >= 15 is 0 Å². The van der Waals surface area contributed by atoms with Crippen molar-refractivity contribution in [3.8, 4) is 5.75 Å². The minimum Gasteiger partial charge on any atom is -0.495 e. The van der Waals surface area contributed by atoms with E-state index in [-0.39, 0.29) is 0 Å². The lowest BCUT2D eigenvalue weighted by Gasteiger charge is -2.27. The Hall–Kier alpha value is -1.52. The largest absolute Gasteiger partial charge is 0.495 e. The highest BCUT2D eigenvalue weighted by Crippen LogP contribution is 2.29. The summed E-state index contributed by atoms with van der Waals surface area (Å²) in [5.74, 6) is 0.951. The smallest absolute Gasteiger partial charge is 0.143 e. The number of benzene rings is 1. The lowest BCUT2D eigenvalue weighted by atomic mass is 10.1. The van der Waals surface area contributed by atoms with Crippen molar-refractivity contribution in [2.24, 2.45) is 7.05 Å². The van der Waals surface area contributed by atoms with Gasteiger partial charge in [0.2, 0.25) is 0 Å². The van der Waals surface area contributed by atoms with Gasteiger partial charge in [-0.05, 0) is 17.7 Å². The van der Waals surface area contributed by atoms with Gasteiger partial charge in [0.05, 0.1) is 12.6 Å². The van der Waals surface area contributed by atoms with Crippen LogP contribution in [-0.2, 0) is 13.6 Å². The Labute approximate surface area is 114 Å². The molecule has 0 radical (unpaired) electrons. The lowest BCUT2D eigenvalue weighted by Crippen LogP contribution is -2.42. The first-order valence-electron chi connectivity index (χ1n) is 6.83. The molecule has 4 heteroatoms. The standard InChI is InChI=1S/C15H21N3O/c1-17-8-5-13-12(3-4-14(19-2)15(13)17)11-18-9-6-16-7-10-18/h3-5,8,16H,6-7,9-11H2,1-2H3. The lowest BCUT2D eigenvalue weighted by molar-refractivity contribution is 0.234. The highest BCUT2D eigenvalue weighted by molar-refractivity contribution is 5.89. The van der Waals surface area contributed by atoms with Gasteiger partial charge in [-0.3, -0.25) is 4.90 Å². The minimum absolute atomic E-state index is 0.951. The number of nitrogens with one attached hydrogen (secondary N) is 1. The molecule has 1 N–H and O–H groups in total. The zero-order chi connectivity index (χ0) is 13.2. The van der Waals surface area contributed by atoms with Crippen molar-refractivity contribution in [1.82, 2.24) is 14.8 Å². The van der Waals surface area contributed by atoms with Crippen molar-refractivity contribution in [3.63, 3.8) is 0 Å². The fourth-order valence-corrected chi connectivity index (χ4v) is 2.85. The first kappa shape index (κ1) is 12.5. The van der Waals surface area contributed by atoms with Crippen molar-refractivity contribution in [2.75, 3.05) is 33.3 Å². The Balaban J connectivity index is 1.95. The molecule has 1 aliphatic rings. The van der Waals surface area contributed by atoms with Gasteiger partial charge < -0.3 is 14.6 Å². The number of rotatable bonds is 3. The first-order chi connectivity index (χ1) is 9.29. The topological polar surface area (TPSA) is 29.4 Å². The molecule has 0 aliphatic carbocycles. The van der Waals surface area contributed by atoms with E-state index in [1.807, 2.05) is 0 Å². The fourth-order valence-electron chi connectivity index (χ4n) is 2.85. The normalized spacial score (nSPS) is 16.9. The number of hydrogen-bond donors (Lipinski definition) is 1. The zero-order valence-corrected chi connectivity index (χ0v) is 11.6. The number of aromatic nitrogens is 1. The van der Waals surface area contributed by atoms with E-state index in [0.29, 0.717) is 0 Å². The predicted octanol–water partition coefficient (Wildman–Crippen LogP) is 1.59. The van der Waals surface area contributed by atoms with Gasteiger partial charge in [0, 0.05) is 51.4 Å². The fraction of sp³-hybridized carbons (Fsp3) is 0.467. The summed E-state index contributed by atoms with van der Waals surface area (Å²) in [6.45, 7) is 5.45. The van der Waals surface area contributed by atoms with E-state index in [4.69, 9.17) is 4.74 Å². The number of hydrogen-bond acceptors (Lipinski definition) is 3. The number of ether oxygens (including phenoxy) is 1. The molecular weight excluding hydrogens is 238 g/mol. The number of piperazine rings is 1. The van der Waals surface area contributed by atoms with Crippen molar-refractivity contribution < 1.29 is 4.74 Å². The first-order valence-corrected chi connectivity index (χ1v) is 6.83. The molecule has 0 amide bonds. The maximum atomic E-state index is 5.47. The van der Waals surface area contributed by atoms with Crippen LogP contribution in [0.5, 0.6) is 5.75 Å². The second-order valence-corrected chi connectivity index (χ2v) is 5.14. The predicted molar refractivity (Wildman–Crippen MR) is 77.6 cm³/mol.